The molecular weight excluding hydrogens is 331 g/mol. The SMILES string of the molecule is CC(C)(NCC(=O)NC(C1CC1)C1CC1)c1ccc(Cl)c(Cl)c1. The van der Waals surface area contributed by atoms with Crippen LogP contribution in [0.2, 0.25) is 10.0 Å². The molecule has 2 aliphatic rings. The Hall–Kier alpha value is -0.770. The van der Waals surface area contributed by atoms with E-state index >= 15 is 0 Å². The molecule has 3 nitrogen and oxygen atoms in total. The van der Waals surface area contributed by atoms with Gasteiger partial charge in [-0.15, -0.1) is 0 Å². The number of amides is 1. The normalized spacial score (nSPS) is 18.3. The Morgan fingerprint density at radius 2 is 1.78 bits per heavy atom. The van der Waals surface area contributed by atoms with Crippen molar-refractivity contribution in [2.24, 2.45) is 11.8 Å². The third kappa shape index (κ3) is 4.40. The Kier molecular flexibility index (Phi) is 4.91. The van der Waals surface area contributed by atoms with E-state index in [-0.39, 0.29) is 11.4 Å². The van der Waals surface area contributed by atoms with E-state index in [9.17, 15) is 4.79 Å². The molecule has 1 amide bonds. The zero-order valence-corrected chi connectivity index (χ0v) is 15.2. The first kappa shape index (κ1) is 17.1. The molecule has 0 aliphatic heterocycles. The molecule has 23 heavy (non-hydrogen) atoms. The Morgan fingerprint density at radius 1 is 1.17 bits per heavy atom. The summed E-state index contributed by atoms with van der Waals surface area (Å²) in [5, 5.41) is 7.64. The molecule has 0 bridgehead atoms. The van der Waals surface area contributed by atoms with E-state index in [1.807, 2.05) is 26.0 Å². The highest BCUT2D eigenvalue weighted by Crippen LogP contribution is 2.44. The number of hydrogen-bond acceptors (Lipinski definition) is 2. The maximum Gasteiger partial charge on any atom is 0.234 e. The summed E-state index contributed by atoms with van der Waals surface area (Å²) in [7, 11) is 0. The maximum absolute atomic E-state index is 12.3. The van der Waals surface area contributed by atoms with Gasteiger partial charge in [-0.05, 0) is 69.1 Å². The molecule has 0 saturated heterocycles. The first-order chi connectivity index (χ1) is 10.9. The summed E-state index contributed by atoms with van der Waals surface area (Å²) >= 11 is 12.1. The molecule has 2 saturated carbocycles. The second-order valence-electron chi connectivity index (χ2n) is 7.38. The molecule has 0 spiro atoms. The van der Waals surface area contributed by atoms with Gasteiger partial charge in [-0.25, -0.2) is 0 Å². The van der Waals surface area contributed by atoms with E-state index < -0.39 is 0 Å². The first-order valence-corrected chi connectivity index (χ1v) is 9.12. The Labute approximate surface area is 148 Å². The van der Waals surface area contributed by atoms with Gasteiger partial charge < -0.3 is 5.32 Å². The Morgan fingerprint density at radius 3 is 2.30 bits per heavy atom. The molecule has 0 heterocycles. The molecule has 0 unspecified atom stereocenters. The van der Waals surface area contributed by atoms with Gasteiger partial charge in [0.1, 0.15) is 0 Å². The molecule has 5 heteroatoms. The van der Waals surface area contributed by atoms with Crippen LogP contribution in [-0.2, 0) is 10.3 Å². The summed E-state index contributed by atoms with van der Waals surface area (Å²) in [4.78, 5) is 12.3. The van der Waals surface area contributed by atoms with Crippen LogP contribution in [0.4, 0.5) is 0 Å². The second kappa shape index (κ2) is 6.62. The van der Waals surface area contributed by atoms with Crippen LogP contribution in [0.3, 0.4) is 0 Å². The number of halogens is 2. The largest absolute Gasteiger partial charge is 0.352 e. The van der Waals surface area contributed by atoms with Crippen LogP contribution in [-0.4, -0.2) is 18.5 Å². The topological polar surface area (TPSA) is 41.1 Å². The molecule has 126 valence electrons. The van der Waals surface area contributed by atoms with Crippen molar-refractivity contribution in [2.75, 3.05) is 6.54 Å². The van der Waals surface area contributed by atoms with Crippen molar-refractivity contribution in [1.82, 2.24) is 10.6 Å². The number of carbonyl (C=O) groups excluding carboxylic acids is 1. The van der Waals surface area contributed by atoms with Gasteiger partial charge in [-0.2, -0.15) is 0 Å². The lowest BCUT2D eigenvalue weighted by Gasteiger charge is -2.28. The fourth-order valence-corrected chi connectivity index (χ4v) is 3.35. The average Bonchev–Trinajstić information content (AvgIpc) is 3.38. The fourth-order valence-electron chi connectivity index (χ4n) is 3.06. The minimum Gasteiger partial charge on any atom is -0.352 e. The van der Waals surface area contributed by atoms with Crippen molar-refractivity contribution >= 4 is 29.1 Å². The van der Waals surface area contributed by atoms with Crippen molar-refractivity contribution in [1.29, 1.82) is 0 Å². The van der Waals surface area contributed by atoms with Crippen LogP contribution in [0.1, 0.15) is 45.1 Å². The fraction of sp³-hybridized carbons (Fsp3) is 0.611. The van der Waals surface area contributed by atoms with E-state index in [1.165, 1.54) is 25.7 Å². The van der Waals surface area contributed by atoms with Gasteiger partial charge in [0.25, 0.3) is 0 Å². The lowest BCUT2D eigenvalue weighted by Crippen LogP contribution is -2.47. The minimum absolute atomic E-state index is 0.0851. The van der Waals surface area contributed by atoms with E-state index in [0.29, 0.717) is 22.6 Å². The summed E-state index contributed by atoms with van der Waals surface area (Å²) in [5.41, 5.74) is 0.667. The van der Waals surface area contributed by atoms with Gasteiger partial charge in [0.15, 0.2) is 0 Å². The van der Waals surface area contributed by atoms with Gasteiger partial charge in [-0.3, -0.25) is 10.1 Å². The number of hydrogen-bond donors (Lipinski definition) is 2. The van der Waals surface area contributed by atoms with Gasteiger partial charge in [0.05, 0.1) is 16.6 Å². The van der Waals surface area contributed by atoms with Crippen LogP contribution < -0.4 is 10.6 Å². The van der Waals surface area contributed by atoms with Crippen molar-refractivity contribution < 1.29 is 4.79 Å². The zero-order valence-electron chi connectivity index (χ0n) is 13.7. The van der Waals surface area contributed by atoms with Gasteiger partial charge >= 0.3 is 0 Å². The maximum atomic E-state index is 12.3. The number of carbonyl (C=O) groups is 1. The van der Waals surface area contributed by atoms with Gasteiger partial charge in [0.2, 0.25) is 5.91 Å². The molecule has 0 aromatic heterocycles. The first-order valence-electron chi connectivity index (χ1n) is 8.37. The van der Waals surface area contributed by atoms with Crippen LogP contribution in [0, 0.1) is 11.8 Å². The number of rotatable bonds is 7. The monoisotopic (exact) mass is 354 g/mol. The van der Waals surface area contributed by atoms with Crippen molar-refractivity contribution in [2.45, 2.75) is 51.1 Å². The van der Waals surface area contributed by atoms with E-state index in [0.717, 1.165) is 17.4 Å². The molecule has 2 aliphatic carbocycles. The third-order valence-electron chi connectivity index (χ3n) is 4.92. The lowest BCUT2D eigenvalue weighted by atomic mass is 9.94. The predicted molar refractivity (Wildman–Crippen MR) is 94.9 cm³/mol. The standard InChI is InChI=1S/C18H24Cl2N2O/c1-18(2,13-7-8-14(19)15(20)9-13)21-10-16(23)22-17(11-3-4-11)12-5-6-12/h7-9,11-12,17,21H,3-6,10H2,1-2H3,(H,22,23). The number of nitrogens with one attached hydrogen (secondary N) is 2. The number of benzene rings is 1. The predicted octanol–water partition coefficient (Wildman–Crippen LogP) is 4.12. The van der Waals surface area contributed by atoms with Crippen molar-refractivity contribution in [3.05, 3.63) is 33.8 Å². The molecule has 0 atom stereocenters. The molecule has 1 aromatic rings. The minimum atomic E-state index is -0.347. The Bertz CT molecular complexity index is 583. The quantitative estimate of drug-likeness (QED) is 0.772. The van der Waals surface area contributed by atoms with Crippen molar-refractivity contribution in [3.63, 3.8) is 0 Å². The average molecular weight is 355 g/mol. The molecular formula is C18H24Cl2N2O. The highest BCUT2D eigenvalue weighted by atomic mass is 35.5. The summed E-state index contributed by atoms with van der Waals surface area (Å²) in [6, 6.07) is 5.98. The second-order valence-corrected chi connectivity index (χ2v) is 8.19. The molecule has 3 rings (SSSR count). The molecule has 2 fully saturated rings. The van der Waals surface area contributed by atoms with Gasteiger partial charge in [-0.1, -0.05) is 29.3 Å². The smallest absolute Gasteiger partial charge is 0.234 e. The summed E-state index contributed by atoms with van der Waals surface area (Å²) in [5.74, 6) is 1.52. The van der Waals surface area contributed by atoms with Crippen molar-refractivity contribution in [3.8, 4) is 0 Å². The molecule has 1 aromatic carbocycles. The summed E-state index contributed by atoms with van der Waals surface area (Å²) < 4.78 is 0. The highest BCUT2D eigenvalue weighted by Gasteiger charge is 2.42. The van der Waals surface area contributed by atoms with E-state index in [2.05, 4.69) is 10.6 Å². The van der Waals surface area contributed by atoms with Gasteiger partial charge in [0, 0.05) is 11.6 Å². The van der Waals surface area contributed by atoms with Crippen LogP contribution in [0.25, 0.3) is 0 Å². The summed E-state index contributed by atoms with van der Waals surface area (Å²) in [6.07, 6.45) is 5.07. The zero-order chi connectivity index (χ0) is 16.6. The summed E-state index contributed by atoms with van der Waals surface area (Å²) in [6.45, 7) is 4.39. The van der Waals surface area contributed by atoms with Crippen LogP contribution in [0.5, 0.6) is 0 Å². The van der Waals surface area contributed by atoms with Crippen LogP contribution >= 0.6 is 23.2 Å². The van der Waals surface area contributed by atoms with E-state index in [4.69, 9.17) is 23.2 Å². The molecule has 2 N–H and O–H groups in total. The molecule has 0 radical (unpaired) electrons. The van der Waals surface area contributed by atoms with Crippen LogP contribution in [0.15, 0.2) is 18.2 Å². The highest BCUT2D eigenvalue weighted by molar-refractivity contribution is 6.42. The third-order valence-corrected chi connectivity index (χ3v) is 5.66. The Balaban J connectivity index is 1.55. The van der Waals surface area contributed by atoms with E-state index in [1.54, 1.807) is 6.07 Å². The lowest BCUT2D eigenvalue weighted by molar-refractivity contribution is -0.121.